The Balaban J connectivity index is 2.58. The molecule has 5 heteroatoms. The van der Waals surface area contributed by atoms with Gasteiger partial charge in [0.2, 0.25) is 0 Å². The van der Waals surface area contributed by atoms with Crippen LogP contribution in [0.25, 0.3) is 0 Å². The Morgan fingerprint density at radius 1 is 1.26 bits per heavy atom. The van der Waals surface area contributed by atoms with Crippen LogP contribution in [0.5, 0.6) is 0 Å². The van der Waals surface area contributed by atoms with Crippen LogP contribution in [0, 0.1) is 13.8 Å². The number of benzene rings is 1. The van der Waals surface area contributed by atoms with Gasteiger partial charge in [-0.25, -0.2) is 8.42 Å². The molecule has 0 radical (unpaired) electrons. The molecule has 0 unspecified atom stereocenters. The Bertz CT molecular complexity index is 517. The van der Waals surface area contributed by atoms with Gasteiger partial charge in [0.15, 0.2) is 0 Å². The highest BCUT2D eigenvalue weighted by Crippen LogP contribution is 2.20. The Morgan fingerprint density at radius 3 is 2.26 bits per heavy atom. The summed E-state index contributed by atoms with van der Waals surface area (Å²) in [6.45, 7) is 6.82. The third-order valence-corrected chi connectivity index (χ3v) is 4.41. The second-order valence-electron chi connectivity index (χ2n) is 5.22. The van der Waals surface area contributed by atoms with Crippen LogP contribution in [-0.4, -0.2) is 26.5 Å². The quantitative estimate of drug-likeness (QED) is 0.879. The second kappa shape index (κ2) is 6.73. The molecule has 0 saturated heterocycles. The summed E-state index contributed by atoms with van der Waals surface area (Å²) >= 11 is 6.00. The highest BCUT2D eigenvalue weighted by Gasteiger charge is 2.09. The van der Waals surface area contributed by atoms with Gasteiger partial charge < -0.3 is 5.32 Å². The lowest BCUT2D eigenvalue weighted by Gasteiger charge is -2.16. The van der Waals surface area contributed by atoms with E-state index >= 15 is 0 Å². The predicted octanol–water partition coefficient (Wildman–Crippen LogP) is 2.87. The van der Waals surface area contributed by atoms with Crippen molar-refractivity contribution in [3.63, 3.8) is 0 Å². The van der Waals surface area contributed by atoms with Crippen molar-refractivity contribution < 1.29 is 8.42 Å². The molecule has 0 amide bonds. The monoisotopic (exact) mass is 303 g/mol. The van der Waals surface area contributed by atoms with Crippen molar-refractivity contribution in [3.8, 4) is 0 Å². The van der Waals surface area contributed by atoms with Crippen molar-refractivity contribution in [1.29, 1.82) is 0 Å². The molecule has 1 N–H and O–H groups in total. The number of sulfone groups is 1. The normalized spacial score (nSPS) is 13.5. The van der Waals surface area contributed by atoms with Crippen molar-refractivity contribution in [2.75, 3.05) is 12.0 Å². The molecule has 0 bridgehead atoms. The van der Waals surface area contributed by atoms with E-state index in [1.807, 2.05) is 32.9 Å². The van der Waals surface area contributed by atoms with Gasteiger partial charge >= 0.3 is 0 Å². The van der Waals surface area contributed by atoms with Crippen LogP contribution in [-0.2, 0) is 16.4 Å². The molecule has 19 heavy (non-hydrogen) atoms. The molecule has 0 heterocycles. The van der Waals surface area contributed by atoms with E-state index in [0.717, 1.165) is 22.7 Å². The third kappa shape index (κ3) is 5.93. The summed E-state index contributed by atoms with van der Waals surface area (Å²) in [5, 5.41) is 4.12. The van der Waals surface area contributed by atoms with E-state index in [9.17, 15) is 8.42 Å². The lowest BCUT2D eigenvalue weighted by atomic mass is 10.0. The Hall–Kier alpha value is -0.580. The number of rotatable bonds is 6. The third-order valence-electron chi connectivity index (χ3n) is 3.21. The summed E-state index contributed by atoms with van der Waals surface area (Å²) in [6.07, 6.45) is 1.90. The Labute approximate surface area is 121 Å². The summed E-state index contributed by atoms with van der Waals surface area (Å²) in [7, 11) is -2.88. The predicted molar refractivity (Wildman–Crippen MR) is 81.6 cm³/mol. The average Bonchev–Trinajstić information content (AvgIpc) is 2.23. The van der Waals surface area contributed by atoms with Gasteiger partial charge in [0.1, 0.15) is 9.84 Å². The fourth-order valence-electron chi connectivity index (χ4n) is 1.99. The van der Waals surface area contributed by atoms with Gasteiger partial charge in [0, 0.05) is 23.9 Å². The largest absolute Gasteiger partial charge is 0.310 e. The van der Waals surface area contributed by atoms with Gasteiger partial charge in [-0.3, -0.25) is 0 Å². The zero-order valence-corrected chi connectivity index (χ0v) is 13.5. The van der Waals surface area contributed by atoms with Crippen molar-refractivity contribution in [2.24, 2.45) is 0 Å². The van der Waals surface area contributed by atoms with Crippen LogP contribution in [0.4, 0.5) is 0 Å². The molecule has 0 aliphatic rings. The Kier molecular flexibility index (Phi) is 5.83. The number of hydrogen-bond donors (Lipinski definition) is 1. The van der Waals surface area contributed by atoms with E-state index in [-0.39, 0.29) is 11.8 Å². The lowest BCUT2D eigenvalue weighted by molar-refractivity contribution is 0.526. The van der Waals surface area contributed by atoms with Crippen molar-refractivity contribution >= 4 is 21.4 Å². The molecule has 1 rings (SSSR count). The van der Waals surface area contributed by atoms with Gasteiger partial charge in [0.25, 0.3) is 0 Å². The molecule has 3 nitrogen and oxygen atoms in total. The minimum absolute atomic E-state index is 0.171. The maximum Gasteiger partial charge on any atom is 0.147 e. The van der Waals surface area contributed by atoms with E-state index in [1.54, 1.807) is 0 Å². The van der Waals surface area contributed by atoms with Gasteiger partial charge in [-0.15, -0.1) is 0 Å². The van der Waals surface area contributed by atoms with Crippen molar-refractivity contribution in [3.05, 3.63) is 33.8 Å². The van der Waals surface area contributed by atoms with E-state index < -0.39 is 9.84 Å². The number of hydrogen-bond acceptors (Lipinski definition) is 3. The number of halogens is 1. The highest BCUT2D eigenvalue weighted by molar-refractivity contribution is 7.90. The van der Waals surface area contributed by atoms with E-state index in [1.165, 1.54) is 11.8 Å². The first-order valence-corrected chi connectivity index (χ1v) is 8.79. The number of aryl methyl sites for hydroxylation is 2. The summed E-state index contributed by atoms with van der Waals surface area (Å²) in [5.74, 6) is 0.222. The second-order valence-corrected chi connectivity index (χ2v) is 7.91. The van der Waals surface area contributed by atoms with Crippen LogP contribution in [0.1, 0.15) is 30.0 Å². The molecule has 1 aromatic rings. The van der Waals surface area contributed by atoms with Crippen LogP contribution >= 0.6 is 11.6 Å². The van der Waals surface area contributed by atoms with Crippen LogP contribution in [0.3, 0.4) is 0 Å². The summed E-state index contributed by atoms with van der Waals surface area (Å²) < 4.78 is 22.2. The SMILES string of the molecule is Cc1cc(Cl)cc(C)c1CN[C@@H](C)CCS(C)(=O)=O. The van der Waals surface area contributed by atoms with Crippen molar-refractivity contribution in [1.82, 2.24) is 5.32 Å². The smallest absolute Gasteiger partial charge is 0.147 e. The molecular weight excluding hydrogens is 282 g/mol. The first-order valence-electron chi connectivity index (χ1n) is 6.36. The molecule has 0 fully saturated rings. The molecule has 108 valence electrons. The average molecular weight is 304 g/mol. The van der Waals surface area contributed by atoms with Gasteiger partial charge in [0.05, 0.1) is 5.75 Å². The van der Waals surface area contributed by atoms with Crippen LogP contribution in [0.2, 0.25) is 5.02 Å². The fraction of sp³-hybridized carbons (Fsp3) is 0.571. The lowest BCUT2D eigenvalue weighted by Crippen LogP contribution is -2.28. The molecule has 1 aromatic carbocycles. The maximum atomic E-state index is 11.1. The number of nitrogens with one attached hydrogen (secondary N) is 1. The van der Waals surface area contributed by atoms with Crippen LogP contribution in [0.15, 0.2) is 12.1 Å². The summed E-state index contributed by atoms with van der Waals surface area (Å²) in [5.41, 5.74) is 3.55. The minimum Gasteiger partial charge on any atom is -0.310 e. The molecule has 0 aliphatic heterocycles. The molecular formula is C14H22ClNO2S. The first kappa shape index (κ1) is 16.5. The fourth-order valence-corrected chi connectivity index (χ4v) is 3.10. The van der Waals surface area contributed by atoms with Crippen molar-refractivity contribution in [2.45, 2.75) is 39.8 Å². The van der Waals surface area contributed by atoms with Crippen LogP contribution < -0.4 is 5.32 Å². The van der Waals surface area contributed by atoms with Gasteiger partial charge in [-0.05, 0) is 56.0 Å². The van der Waals surface area contributed by atoms with E-state index in [2.05, 4.69) is 5.32 Å². The molecule has 0 aliphatic carbocycles. The standard InChI is InChI=1S/C14H22ClNO2S/c1-10-7-13(15)8-11(2)14(10)9-16-12(3)5-6-19(4,17)18/h7-8,12,16H,5-6,9H2,1-4H3/t12-/m0/s1. The molecule has 0 aromatic heterocycles. The zero-order valence-electron chi connectivity index (χ0n) is 12.0. The summed E-state index contributed by atoms with van der Waals surface area (Å²) in [4.78, 5) is 0. The molecule has 0 saturated carbocycles. The maximum absolute atomic E-state index is 11.1. The van der Waals surface area contributed by atoms with Gasteiger partial charge in [-0.2, -0.15) is 0 Å². The van der Waals surface area contributed by atoms with E-state index in [0.29, 0.717) is 6.42 Å². The minimum atomic E-state index is -2.88. The topological polar surface area (TPSA) is 46.2 Å². The first-order chi connectivity index (χ1) is 8.69. The molecule has 0 spiro atoms. The van der Waals surface area contributed by atoms with Gasteiger partial charge in [-0.1, -0.05) is 11.6 Å². The summed E-state index contributed by atoms with van der Waals surface area (Å²) in [6, 6.07) is 4.07. The van der Waals surface area contributed by atoms with E-state index in [4.69, 9.17) is 11.6 Å². The Morgan fingerprint density at radius 2 is 1.79 bits per heavy atom. The molecule has 1 atom stereocenters. The zero-order chi connectivity index (χ0) is 14.6. The highest BCUT2D eigenvalue weighted by atomic mass is 35.5.